The van der Waals surface area contributed by atoms with Gasteiger partial charge in [-0.3, -0.25) is 0 Å². The van der Waals surface area contributed by atoms with E-state index in [-0.39, 0.29) is 27.9 Å². The molecular formula is C78H53N3Si. The maximum atomic E-state index is 9.84. The van der Waals surface area contributed by atoms with E-state index >= 15 is 0 Å². The van der Waals surface area contributed by atoms with Gasteiger partial charge < -0.3 is 13.7 Å². The lowest BCUT2D eigenvalue weighted by Gasteiger charge is -2.36. The van der Waals surface area contributed by atoms with Crippen molar-refractivity contribution in [2.75, 3.05) is 0 Å². The summed E-state index contributed by atoms with van der Waals surface area (Å²) in [6, 6.07) is 84.0. The quantitative estimate of drug-likeness (QED) is 0.0958. The molecule has 13 aromatic carbocycles. The monoisotopic (exact) mass is 1070 g/mol. The number of rotatable bonds is 10. The summed E-state index contributed by atoms with van der Waals surface area (Å²) in [5, 5.41) is 9.85. The molecule has 0 bridgehead atoms. The normalized spacial score (nSPS) is 13.6. The van der Waals surface area contributed by atoms with E-state index in [1.165, 1.54) is 10.8 Å². The SMILES string of the molecule is [2H]c1c([2H])c([2H])c(-c2cc([Si](c3ccccc3)(c3ccccc3)c3ccccc3)cc(-c3c([2H])c([2H])c([2H])c([2H])c3[2H])c2-n2c3ccccc3c3cc(-c4cccc(-n5c6ccccc6c6cc(-n7c8ccccc8c8ccccc87)ccc65)c4)ccc32)c([2H])c1[2H]. The highest BCUT2D eigenvalue weighted by atomic mass is 28.3. The first kappa shape index (κ1) is 38.1. The first-order valence-electron chi connectivity index (χ1n) is 32.5. The molecule has 16 aromatic rings. The lowest BCUT2D eigenvalue weighted by molar-refractivity contribution is 1.17. The molecule has 3 nitrogen and oxygen atoms in total. The minimum atomic E-state index is -3.64. The molecule has 82 heavy (non-hydrogen) atoms. The van der Waals surface area contributed by atoms with Crippen LogP contribution in [0.2, 0.25) is 0 Å². The molecule has 384 valence electrons. The summed E-state index contributed by atoms with van der Waals surface area (Å²) in [7, 11) is -3.64. The van der Waals surface area contributed by atoms with Crippen LogP contribution in [0.25, 0.3) is 116 Å². The Morgan fingerprint density at radius 1 is 0.244 bits per heavy atom. The standard InChI is InChI=1S/C78H53N3Si/c1-6-25-54(26-7-1)68-52-63(82(60-31-10-3-11-32-60,61-33-12-4-13-34-61)62-35-14-5-15-36-62)53-69(55-27-8-2-9-28-55)78(68)81-75-44-23-19-39-66(75)70-50-57(45-47-77(70)81)56-29-24-30-58(49-56)79-74-43-22-18-40-67(74)71-51-59(46-48-76(71)79)80-72-41-20-16-37-64(72)65-38-17-21-42-73(65)80/h1-53H/i1D,2D,6D,7D,8D,9D,25D,26D,27D,28D. The molecular weight excluding hydrogens is 1010 g/mol. The molecule has 0 radical (unpaired) electrons. The number of para-hydroxylation sites is 4. The largest absolute Gasteiger partial charge is 0.309 e. The Bertz CT molecular complexity index is 5420. The van der Waals surface area contributed by atoms with Gasteiger partial charge in [0.25, 0.3) is 0 Å². The van der Waals surface area contributed by atoms with Gasteiger partial charge in [-0.1, -0.05) is 255 Å². The first-order chi connectivity index (χ1) is 44.8. The van der Waals surface area contributed by atoms with Gasteiger partial charge in [0.1, 0.15) is 0 Å². The molecule has 0 amide bonds. The summed E-state index contributed by atoms with van der Waals surface area (Å²) < 4.78 is 101. The zero-order valence-electron chi connectivity index (χ0n) is 54.2. The number of nitrogens with zero attached hydrogens (tertiary/aromatic N) is 3. The minimum Gasteiger partial charge on any atom is -0.309 e. The Balaban J connectivity index is 0.963. The Kier molecular flexibility index (Phi) is 9.02. The molecule has 0 saturated carbocycles. The number of aromatic nitrogens is 3. The van der Waals surface area contributed by atoms with Crippen molar-refractivity contribution in [1.29, 1.82) is 0 Å². The number of hydrogen-bond donors (Lipinski definition) is 0. The summed E-state index contributed by atoms with van der Waals surface area (Å²) >= 11 is 0. The van der Waals surface area contributed by atoms with E-state index in [1.807, 2.05) is 102 Å². The molecule has 0 unspecified atom stereocenters. The summed E-state index contributed by atoms with van der Waals surface area (Å²) in [6.45, 7) is 0. The Morgan fingerprint density at radius 2 is 0.622 bits per heavy atom. The van der Waals surface area contributed by atoms with Gasteiger partial charge in [-0.25, -0.2) is 0 Å². The topological polar surface area (TPSA) is 14.8 Å². The highest BCUT2D eigenvalue weighted by Crippen LogP contribution is 2.43. The van der Waals surface area contributed by atoms with Gasteiger partial charge in [-0.15, -0.1) is 0 Å². The average Bonchev–Trinajstić information content (AvgIpc) is 1.54. The third kappa shape index (κ3) is 7.42. The smallest absolute Gasteiger partial charge is 0.179 e. The zero-order valence-corrected chi connectivity index (χ0v) is 45.2. The fraction of sp³-hybridized carbons (Fsp3) is 0. The molecule has 16 rings (SSSR count). The van der Waals surface area contributed by atoms with Gasteiger partial charge in [0.2, 0.25) is 0 Å². The van der Waals surface area contributed by atoms with E-state index in [0.717, 1.165) is 81.7 Å². The molecule has 4 heteroatoms. The van der Waals surface area contributed by atoms with Crippen LogP contribution in [0.5, 0.6) is 0 Å². The molecule has 0 aliphatic heterocycles. The van der Waals surface area contributed by atoms with E-state index in [9.17, 15) is 11.0 Å². The lowest BCUT2D eigenvalue weighted by Crippen LogP contribution is -2.74. The van der Waals surface area contributed by atoms with E-state index in [1.54, 1.807) is 0 Å². The third-order valence-corrected chi connectivity index (χ3v) is 21.3. The fourth-order valence-electron chi connectivity index (χ4n) is 13.1. The van der Waals surface area contributed by atoms with Gasteiger partial charge in [-0.05, 0) is 110 Å². The molecule has 0 N–H and O–H groups in total. The van der Waals surface area contributed by atoms with Gasteiger partial charge in [0, 0.05) is 54.8 Å². The van der Waals surface area contributed by atoms with Crippen LogP contribution in [0.15, 0.2) is 321 Å². The highest BCUT2D eigenvalue weighted by Gasteiger charge is 2.42. The molecule has 3 aromatic heterocycles. The van der Waals surface area contributed by atoms with Crippen molar-refractivity contribution in [1.82, 2.24) is 13.7 Å². The van der Waals surface area contributed by atoms with Crippen LogP contribution in [0.4, 0.5) is 0 Å². The van der Waals surface area contributed by atoms with Gasteiger partial charge >= 0.3 is 0 Å². The highest BCUT2D eigenvalue weighted by molar-refractivity contribution is 7.20. The zero-order chi connectivity index (χ0) is 62.8. The molecule has 0 atom stereocenters. The maximum Gasteiger partial charge on any atom is 0.179 e. The summed E-state index contributed by atoms with van der Waals surface area (Å²) in [6.07, 6.45) is 0. The predicted molar refractivity (Wildman–Crippen MR) is 349 cm³/mol. The van der Waals surface area contributed by atoms with Crippen LogP contribution in [0.3, 0.4) is 0 Å². The van der Waals surface area contributed by atoms with Crippen molar-refractivity contribution in [2.24, 2.45) is 0 Å². The second-order valence-corrected chi connectivity index (χ2v) is 24.6. The molecule has 0 aliphatic carbocycles. The number of fused-ring (bicyclic) bond motifs is 9. The van der Waals surface area contributed by atoms with Gasteiger partial charge in [-0.2, -0.15) is 0 Å². The summed E-state index contributed by atoms with van der Waals surface area (Å²) in [5.41, 5.74) is 10.1. The number of hydrogen-bond acceptors (Lipinski definition) is 0. The van der Waals surface area contributed by atoms with Crippen LogP contribution >= 0.6 is 0 Å². The van der Waals surface area contributed by atoms with Crippen molar-refractivity contribution >= 4 is 94.2 Å². The fourth-order valence-corrected chi connectivity index (χ4v) is 17.9. The summed E-state index contributed by atoms with van der Waals surface area (Å²) in [4.78, 5) is 0. The second kappa shape index (κ2) is 19.4. The van der Waals surface area contributed by atoms with Crippen molar-refractivity contribution in [3.63, 3.8) is 0 Å². The van der Waals surface area contributed by atoms with Crippen LogP contribution in [-0.4, -0.2) is 21.8 Å². The second-order valence-electron chi connectivity index (χ2n) is 20.8. The minimum absolute atomic E-state index is 0.106. The van der Waals surface area contributed by atoms with E-state index in [2.05, 4.69) is 173 Å². The molecule has 0 saturated heterocycles. The average molecular weight is 1070 g/mol. The van der Waals surface area contributed by atoms with E-state index < -0.39 is 68.5 Å². The van der Waals surface area contributed by atoms with Crippen LogP contribution in [0.1, 0.15) is 13.7 Å². The Hall–Kier alpha value is -10.5. The first-order valence-corrected chi connectivity index (χ1v) is 29.5. The van der Waals surface area contributed by atoms with E-state index in [0.29, 0.717) is 16.2 Å². The molecule has 0 fully saturated rings. The van der Waals surface area contributed by atoms with Crippen molar-refractivity contribution < 1.29 is 13.7 Å². The Labute approximate surface area is 491 Å². The van der Waals surface area contributed by atoms with Crippen molar-refractivity contribution in [2.45, 2.75) is 0 Å². The van der Waals surface area contributed by atoms with Crippen molar-refractivity contribution in [3.8, 4) is 50.4 Å². The van der Waals surface area contributed by atoms with Crippen LogP contribution in [0, 0.1) is 0 Å². The van der Waals surface area contributed by atoms with Crippen molar-refractivity contribution in [3.05, 3.63) is 321 Å². The maximum absolute atomic E-state index is 9.84. The lowest BCUT2D eigenvalue weighted by atomic mass is 9.95. The van der Waals surface area contributed by atoms with Gasteiger partial charge in [0.15, 0.2) is 8.07 Å². The predicted octanol–water partition coefficient (Wildman–Crippen LogP) is 17.4. The van der Waals surface area contributed by atoms with Crippen LogP contribution in [-0.2, 0) is 0 Å². The molecule has 0 aliphatic rings. The Morgan fingerprint density at radius 3 is 1.12 bits per heavy atom. The molecule has 3 heterocycles. The summed E-state index contributed by atoms with van der Waals surface area (Å²) in [5.74, 6) is 0. The third-order valence-electron chi connectivity index (χ3n) is 16.5. The number of benzene rings is 13. The molecule has 0 spiro atoms. The van der Waals surface area contributed by atoms with E-state index in [4.69, 9.17) is 2.74 Å². The van der Waals surface area contributed by atoms with Crippen LogP contribution < -0.4 is 20.7 Å². The van der Waals surface area contributed by atoms with Gasteiger partial charge in [0.05, 0.1) is 52.5 Å².